The Hall–Kier alpha value is -1.58. The number of nitrogens with zero attached hydrogens (tertiary/aromatic N) is 2. The van der Waals surface area contributed by atoms with E-state index < -0.39 is 9.05 Å². The second-order valence-electron chi connectivity index (χ2n) is 4.44. The highest BCUT2D eigenvalue weighted by molar-refractivity contribution is 8.13. The van der Waals surface area contributed by atoms with Gasteiger partial charge in [-0.1, -0.05) is 6.07 Å². The molecule has 1 aliphatic heterocycles. The molecule has 1 aromatic rings. The van der Waals surface area contributed by atoms with Gasteiger partial charge in [-0.3, -0.25) is 4.79 Å². The van der Waals surface area contributed by atoms with E-state index in [9.17, 15) is 13.2 Å². The Kier molecular flexibility index (Phi) is 3.78. The van der Waals surface area contributed by atoms with E-state index in [1.54, 1.807) is 24.3 Å². The molecule has 0 aromatic heterocycles. The van der Waals surface area contributed by atoms with Crippen molar-refractivity contribution in [2.45, 2.75) is 6.42 Å². The molecule has 0 radical (unpaired) electrons. The second kappa shape index (κ2) is 5.19. The minimum absolute atomic E-state index is 0.152. The summed E-state index contributed by atoms with van der Waals surface area (Å²) in [6.45, 7) is 0.305. The zero-order valence-electron chi connectivity index (χ0n) is 9.91. The monoisotopic (exact) mass is 298 g/mol. The molecule has 0 N–H and O–H groups in total. The molecule has 0 aliphatic carbocycles. The standard InChI is InChI=1S/C12H11ClN2O3S/c13-19(17,18)8-10-5-12(16)15(7-10)11-3-1-2-9(4-11)6-14/h1-4,10H,5,7-8H2. The van der Waals surface area contributed by atoms with Gasteiger partial charge in [0.15, 0.2) is 0 Å². The van der Waals surface area contributed by atoms with Crippen LogP contribution in [0.1, 0.15) is 12.0 Å². The molecule has 19 heavy (non-hydrogen) atoms. The molecule has 1 aromatic carbocycles. The predicted molar refractivity (Wildman–Crippen MR) is 71.3 cm³/mol. The van der Waals surface area contributed by atoms with Crippen molar-refractivity contribution in [1.29, 1.82) is 5.26 Å². The zero-order valence-corrected chi connectivity index (χ0v) is 11.5. The Morgan fingerprint density at radius 1 is 1.47 bits per heavy atom. The maximum atomic E-state index is 11.9. The van der Waals surface area contributed by atoms with Crippen molar-refractivity contribution in [1.82, 2.24) is 0 Å². The molecule has 0 saturated carbocycles. The van der Waals surface area contributed by atoms with E-state index in [0.29, 0.717) is 17.8 Å². The quantitative estimate of drug-likeness (QED) is 0.792. The number of carbonyl (C=O) groups excluding carboxylic acids is 1. The first-order valence-corrected chi connectivity index (χ1v) is 8.10. The highest BCUT2D eigenvalue weighted by atomic mass is 35.7. The van der Waals surface area contributed by atoms with E-state index >= 15 is 0 Å². The van der Waals surface area contributed by atoms with Gasteiger partial charge in [-0.15, -0.1) is 0 Å². The number of nitriles is 1. The number of hydrogen-bond donors (Lipinski definition) is 0. The highest BCUT2D eigenvalue weighted by Gasteiger charge is 2.33. The van der Waals surface area contributed by atoms with Crippen LogP contribution >= 0.6 is 10.7 Å². The minimum Gasteiger partial charge on any atom is -0.312 e. The highest BCUT2D eigenvalue weighted by Crippen LogP contribution is 2.27. The van der Waals surface area contributed by atoms with Crippen molar-refractivity contribution in [2.24, 2.45) is 5.92 Å². The van der Waals surface area contributed by atoms with Crippen LogP contribution in [-0.4, -0.2) is 26.6 Å². The largest absolute Gasteiger partial charge is 0.312 e. The lowest BCUT2D eigenvalue weighted by Gasteiger charge is -2.16. The molecule has 1 amide bonds. The summed E-state index contributed by atoms with van der Waals surface area (Å²) in [6.07, 6.45) is 0.155. The SMILES string of the molecule is N#Cc1cccc(N2CC(CS(=O)(=O)Cl)CC2=O)c1. The van der Waals surface area contributed by atoms with Crippen molar-refractivity contribution in [2.75, 3.05) is 17.2 Å². The summed E-state index contributed by atoms with van der Waals surface area (Å²) in [5.41, 5.74) is 1.07. The van der Waals surface area contributed by atoms with Crippen LogP contribution in [0.2, 0.25) is 0 Å². The molecule has 1 unspecified atom stereocenters. The Bertz CT molecular complexity index is 651. The van der Waals surface area contributed by atoms with Gasteiger partial charge in [0.25, 0.3) is 0 Å². The molecule has 1 fully saturated rings. The van der Waals surface area contributed by atoms with Crippen LogP contribution in [0, 0.1) is 17.2 Å². The molecule has 0 bridgehead atoms. The number of benzene rings is 1. The molecule has 7 heteroatoms. The fraction of sp³-hybridized carbons (Fsp3) is 0.333. The molecule has 0 spiro atoms. The van der Waals surface area contributed by atoms with E-state index in [0.717, 1.165) is 0 Å². The predicted octanol–water partition coefficient (Wildman–Crippen LogP) is 1.48. The van der Waals surface area contributed by atoms with Crippen LogP contribution in [0.5, 0.6) is 0 Å². The van der Waals surface area contributed by atoms with Gasteiger partial charge in [-0.2, -0.15) is 5.26 Å². The lowest BCUT2D eigenvalue weighted by atomic mass is 10.1. The lowest BCUT2D eigenvalue weighted by Crippen LogP contribution is -2.25. The van der Waals surface area contributed by atoms with Crippen molar-refractivity contribution >= 4 is 31.3 Å². The summed E-state index contributed by atoms with van der Waals surface area (Å²) in [7, 11) is 1.59. The van der Waals surface area contributed by atoms with Gasteiger partial charge >= 0.3 is 0 Å². The third-order valence-electron chi connectivity index (χ3n) is 2.93. The summed E-state index contributed by atoms with van der Waals surface area (Å²) in [5, 5.41) is 8.83. The van der Waals surface area contributed by atoms with Gasteiger partial charge in [-0.25, -0.2) is 8.42 Å². The van der Waals surface area contributed by atoms with E-state index in [2.05, 4.69) is 0 Å². The van der Waals surface area contributed by atoms with Gasteiger partial charge in [-0.05, 0) is 18.2 Å². The first-order valence-electron chi connectivity index (χ1n) is 5.62. The molecule has 2 rings (SSSR count). The molecule has 1 aliphatic rings. The first kappa shape index (κ1) is 13.8. The van der Waals surface area contributed by atoms with E-state index in [1.807, 2.05) is 6.07 Å². The van der Waals surface area contributed by atoms with E-state index in [-0.39, 0.29) is 24.0 Å². The summed E-state index contributed by atoms with van der Waals surface area (Å²) in [6, 6.07) is 8.66. The average Bonchev–Trinajstić information content (AvgIpc) is 2.68. The molecular formula is C12H11ClN2O3S. The van der Waals surface area contributed by atoms with Crippen molar-refractivity contribution in [3.05, 3.63) is 29.8 Å². The van der Waals surface area contributed by atoms with Crippen LogP contribution < -0.4 is 4.90 Å². The zero-order chi connectivity index (χ0) is 14.0. The van der Waals surface area contributed by atoms with Crippen molar-refractivity contribution < 1.29 is 13.2 Å². The summed E-state index contributed by atoms with van der Waals surface area (Å²) < 4.78 is 22.1. The number of anilines is 1. The minimum atomic E-state index is -3.61. The second-order valence-corrected chi connectivity index (χ2v) is 7.26. The van der Waals surface area contributed by atoms with Crippen LogP contribution in [0.25, 0.3) is 0 Å². The van der Waals surface area contributed by atoms with Gasteiger partial charge in [0.05, 0.1) is 17.4 Å². The number of amides is 1. The third kappa shape index (κ3) is 3.46. The molecule has 1 saturated heterocycles. The molecule has 100 valence electrons. The third-order valence-corrected chi connectivity index (χ3v) is 4.17. The first-order chi connectivity index (χ1) is 8.89. The van der Waals surface area contributed by atoms with Crippen LogP contribution in [0.15, 0.2) is 24.3 Å². The van der Waals surface area contributed by atoms with Gasteiger partial charge in [0, 0.05) is 35.3 Å². The number of carbonyl (C=O) groups is 1. The lowest BCUT2D eigenvalue weighted by molar-refractivity contribution is -0.117. The number of hydrogen-bond acceptors (Lipinski definition) is 4. The Morgan fingerprint density at radius 3 is 2.84 bits per heavy atom. The van der Waals surface area contributed by atoms with Crippen molar-refractivity contribution in [3.63, 3.8) is 0 Å². The van der Waals surface area contributed by atoms with Gasteiger partial charge in [0.1, 0.15) is 0 Å². The number of halogens is 1. The molecule has 1 atom stereocenters. The van der Waals surface area contributed by atoms with Crippen molar-refractivity contribution in [3.8, 4) is 6.07 Å². The Labute approximate surface area is 115 Å². The van der Waals surface area contributed by atoms with E-state index in [4.69, 9.17) is 15.9 Å². The summed E-state index contributed by atoms with van der Waals surface area (Å²) >= 11 is 0. The van der Waals surface area contributed by atoms with E-state index in [1.165, 1.54) is 4.90 Å². The molecule has 1 heterocycles. The Morgan fingerprint density at radius 2 is 2.21 bits per heavy atom. The topological polar surface area (TPSA) is 78.2 Å². The summed E-state index contributed by atoms with van der Waals surface area (Å²) in [5.74, 6) is -0.671. The van der Waals surface area contributed by atoms with Crippen LogP contribution in [-0.2, 0) is 13.8 Å². The fourth-order valence-electron chi connectivity index (χ4n) is 2.17. The smallest absolute Gasteiger partial charge is 0.232 e. The normalized spacial score (nSPS) is 19.5. The Balaban J connectivity index is 2.18. The maximum absolute atomic E-state index is 11.9. The maximum Gasteiger partial charge on any atom is 0.232 e. The molecule has 5 nitrogen and oxygen atoms in total. The van der Waals surface area contributed by atoms with Gasteiger partial charge < -0.3 is 4.90 Å². The van der Waals surface area contributed by atoms with Gasteiger partial charge in [0.2, 0.25) is 15.0 Å². The fourth-order valence-corrected chi connectivity index (χ4v) is 3.49. The van der Waals surface area contributed by atoms with Crippen LogP contribution in [0.3, 0.4) is 0 Å². The average molecular weight is 299 g/mol. The number of rotatable bonds is 3. The summed E-state index contributed by atoms with van der Waals surface area (Å²) in [4.78, 5) is 13.4. The molecular weight excluding hydrogens is 288 g/mol. The van der Waals surface area contributed by atoms with Crippen LogP contribution in [0.4, 0.5) is 5.69 Å².